The van der Waals surface area contributed by atoms with Crippen LogP contribution in [0.15, 0.2) is 71.9 Å². The molecule has 63 heavy (non-hydrogen) atoms. The van der Waals surface area contributed by atoms with E-state index in [1.165, 1.54) is 18.2 Å². The summed E-state index contributed by atoms with van der Waals surface area (Å²) < 4.78 is 46.5. The molecule has 2 atom stereocenters. The van der Waals surface area contributed by atoms with Crippen LogP contribution >= 0.6 is 11.6 Å². The number of amides is 3. The molecule has 3 aromatic carbocycles. The van der Waals surface area contributed by atoms with E-state index in [2.05, 4.69) is 31.2 Å². The quantitative estimate of drug-likeness (QED) is 0.0764. The van der Waals surface area contributed by atoms with Crippen LogP contribution in [-0.4, -0.2) is 116 Å². The lowest BCUT2D eigenvalue weighted by Crippen LogP contribution is -2.56. The van der Waals surface area contributed by atoms with Crippen molar-refractivity contribution < 1.29 is 37.4 Å². The van der Waals surface area contributed by atoms with E-state index in [1.807, 2.05) is 32.6 Å². The number of carbonyl (C=O) groups is 3. The standard InChI is InChI=1S/C46H55ClF2N8O6/c1-29-7-6-18-57(29)44(60)42(46(2,3)4)55-38(58)28-50-16-19-61-21-23-63-24-22-62-20-17-51-43(59)30-10-13-33(14-11-30)54-45-53-27-31-26-52-41(39-36(48)8-5-9-37(39)49)35-25-32(47)12-15-34(35)40(31)56-45/h5,8-15,25,27,29,42,50H,6-7,16-24,26,28H2,1-4H3,(H,51,59)(H,55,58)(H,53,54,56). The lowest BCUT2D eigenvalue weighted by atomic mass is 9.85. The largest absolute Gasteiger partial charge is 0.378 e. The number of hydrogen-bond donors (Lipinski definition) is 4. The van der Waals surface area contributed by atoms with Crippen LogP contribution in [0.1, 0.15) is 67.6 Å². The smallest absolute Gasteiger partial charge is 0.251 e. The summed E-state index contributed by atoms with van der Waals surface area (Å²) in [6, 6.07) is 15.1. The van der Waals surface area contributed by atoms with Gasteiger partial charge in [0.25, 0.3) is 5.91 Å². The van der Waals surface area contributed by atoms with E-state index in [4.69, 9.17) is 30.8 Å². The number of halogens is 3. The van der Waals surface area contributed by atoms with E-state index in [1.54, 1.807) is 48.7 Å². The Bertz CT molecular complexity index is 2240. The van der Waals surface area contributed by atoms with Crippen molar-refractivity contribution in [1.82, 2.24) is 30.8 Å². The fourth-order valence-electron chi connectivity index (χ4n) is 7.27. The maximum absolute atomic E-state index is 14.9. The van der Waals surface area contributed by atoms with Crippen molar-refractivity contribution in [2.24, 2.45) is 10.4 Å². The predicted molar refractivity (Wildman–Crippen MR) is 237 cm³/mol. The number of rotatable bonds is 20. The van der Waals surface area contributed by atoms with Crippen molar-refractivity contribution in [3.8, 4) is 11.3 Å². The Kier molecular flexibility index (Phi) is 16.7. The lowest BCUT2D eigenvalue weighted by Gasteiger charge is -2.35. The van der Waals surface area contributed by atoms with Gasteiger partial charge < -0.3 is 40.4 Å². The molecule has 1 fully saturated rings. The van der Waals surface area contributed by atoms with Gasteiger partial charge in [-0.25, -0.2) is 18.7 Å². The van der Waals surface area contributed by atoms with Crippen LogP contribution in [-0.2, 0) is 30.3 Å². The van der Waals surface area contributed by atoms with E-state index in [0.29, 0.717) is 91.4 Å². The summed E-state index contributed by atoms with van der Waals surface area (Å²) in [7, 11) is 0. The molecule has 2 aliphatic heterocycles. The first kappa shape index (κ1) is 47.1. The minimum atomic E-state index is -0.735. The Balaban J connectivity index is 0.838. The number of aromatic nitrogens is 2. The second-order valence-electron chi connectivity index (χ2n) is 16.4. The van der Waals surface area contributed by atoms with Crippen molar-refractivity contribution in [3.05, 3.63) is 106 Å². The number of nitrogens with one attached hydrogen (secondary N) is 4. The second kappa shape index (κ2) is 22.3. The van der Waals surface area contributed by atoms with Crippen LogP contribution in [0, 0.1) is 17.0 Å². The highest BCUT2D eigenvalue weighted by molar-refractivity contribution is 6.31. The Morgan fingerprint density at radius 2 is 1.59 bits per heavy atom. The van der Waals surface area contributed by atoms with Crippen LogP contribution in [0.25, 0.3) is 11.3 Å². The molecule has 4 N–H and O–H groups in total. The summed E-state index contributed by atoms with van der Waals surface area (Å²) in [6.45, 7) is 11.8. The number of aliphatic imine (C=N–C) groups is 1. The summed E-state index contributed by atoms with van der Waals surface area (Å²) >= 11 is 6.34. The van der Waals surface area contributed by atoms with Crippen LogP contribution in [0.2, 0.25) is 5.02 Å². The molecule has 4 aromatic rings. The molecule has 0 bridgehead atoms. The van der Waals surface area contributed by atoms with Gasteiger partial charge in [0.15, 0.2) is 0 Å². The molecule has 336 valence electrons. The number of nitrogens with zero attached hydrogens (tertiary/aromatic N) is 4. The molecule has 14 nitrogen and oxygen atoms in total. The molecule has 2 unspecified atom stereocenters. The minimum Gasteiger partial charge on any atom is -0.378 e. The van der Waals surface area contributed by atoms with Crippen LogP contribution in [0.4, 0.5) is 20.4 Å². The highest BCUT2D eigenvalue weighted by Crippen LogP contribution is 2.35. The number of hydrogen-bond acceptors (Lipinski definition) is 11. The third-order valence-electron chi connectivity index (χ3n) is 10.6. The monoisotopic (exact) mass is 888 g/mol. The average Bonchev–Trinajstić information content (AvgIpc) is 3.62. The Morgan fingerprint density at radius 1 is 0.905 bits per heavy atom. The van der Waals surface area contributed by atoms with Gasteiger partial charge in [-0.1, -0.05) is 44.5 Å². The summed E-state index contributed by atoms with van der Waals surface area (Å²) in [4.78, 5) is 54.2. The maximum atomic E-state index is 14.9. The first-order chi connectivity index (χ1) is 30.3. The third kappa shape index (κ3) is 12.9. The van der Waals surface area contributed by atoms with Crippen LogP contribution in [0.3, 0.4) is 0 Å². The summed E-state index contributed by atoms with van der Waals surface area (Å²) in [6.07, 6.45) is 3.59. The van der Waals surface area contributed by atoms with Crippen LogP contribution in [0.5, 0.6) is 0 Å². The molecule has 6 rings (SSSR count). The van der Waals surface area contributed by atoms with Gasteiger partial charge in [0, 0.05) is 64.8 Å². The maximum Gasteiger partial charge on any atom is 0.251 e. The summed E-state index contributed by atoms with van der Waals surface area (Å²) in [5.41, 5.74) is 2.83. The normalized spacial score (nSPS) is 15.2. The van der Waals surface area contributed by atoms with Crippen LogP contribution < -0.4 is 21.3 Å². The van der Waals surface area contributed by atoms with Gasteiger partial charge in [-0.3, -0.25) is 19.4 Å². The fraction of sp³-hybridized carbons (Fsp3) is 0.435. The minimum absolute atomic E-state index is 0.0231. The molecular formula is C46H55ClF2N8O6. The SMILES string of the molecule is CC1CCCN1C(=O)C(NC(=O)CNCCOCCOCCOCCNC(=O)c1ccc(Nc2ncc3c(n2)-c2ccc(Cl)cc2C(c2c(F)cccc2F)=NC3)cc1)C(C)(C)C. The van der Waals surface area contributed by atoms with E-state index in [9.17, 15) is 23.2 Å². The Morgan fingerprint density at radius 3 is 2.25 bits per heavy atom. The highest BCUT2D eigenvalue weighted by Gasteiger charge is 2.38. The molecule has 0 spiro atoms. The van der Waals surface area contributed by atoms with E-state index < -0.39 is 23.1 Å². The fourth-order valence-corrected chi connectivity index (χ4v) is 7.44. The Hall–Kier alpha value is -5.39. The van der Waals surface area contributed by atoms with Crippen molar-refractivity contribution in [3.63, 3.8) is 0 Å². The molecule has 1 aromatic heterocycles. The first-order valence-electron chi connectivity index (χ1n) is 21.1. The zero-order chi connectivity index (χ0) is 44.9. The molecule has 3 amide bonds. The number of carbonyl (C=O) groups excluding carboxylic acids is 3. The van der Waals surface area contributed by atoms with Crippen molar-refractivity contribution in [1.29, 1.82) is 0 Å². The zero-order valence-corrected chi connectivity index (χ0v) is 36.8. The molecule has 0 aliphatic carbocycles. The second-order valence-corrected chi connectivity index (χ2v) is 16.8. The van der Waals surface area contributed by atoms with Gasteiger partial charge in [-0.05, 0) is 73.7 Å². The molecule has 0 radical (unpaired) electrons. The number of ether oxygens (including phenoxy) is 3. The van der Waals surface area contributed by atoms with Gasteiger partial charge in [0.2, 0.25) is 17.8 Å². The number of anilines is 2. The number of fused-ring (bicyclic) bond motifs is 3. The number of likely N-dealkylation sites (tertiary alicyclic amines) is 1. The van der Waals surface area contributed by atoms with Gasteiger partial charge in [-0.15, -0.1) is 0 Å². The molecule has 2 aliphatic rings. The van der Waals surface area contributed by atoms with E-state index in [0.717, 1.165) is 19.4 Å². The molecule has 1 saturated heterocycles. The molecular weight excluding hydrogens is 834 g/mol. The third-order valence-corrected chi connectivity index (χ3v) is 10.8. The van der Waals surface area contributed by atoms with Crippen molar-refractivity contribution in [2.75, 3.05) is 71.1 Å². The van der Waals surface area contributed by atoms with E-state index in [-0.39, 0.29) is 54.1 Å². The molecule has 3 heterocycles. The molecule has 17 heteroatoms. The van der Waals surface area contributed by atoms with E-state index >= 15 is 0 Å². The van der Waals surface area contributed by atoms with Gasteiger partial charge in [-0.2, -0.15) is 0 Å². The molecule has 0 saturated carbocycles. The van der Waals surface area contributed by atoms with Crippen molar-refractivity contribution in [2.45, 2.75) is 59.2 Å². The van der Waals surface area contributed by atoms with Gasteiger partial charge in [0.05, 0.1) is 69.7 Å². The highest BCUT2D eigenvalue weighted by atomic mass is 35.5. The Labute approximate surface area is 371 Å². The topological polar surface area (TPSA) is 168 Å². The zero-order valence-electron chi connectivity index (χ0n) is 36.1. The number of benzene rings is 3. The van der Waals surface area contributed by atoms with Gasteiger partial charge >= 0.3 is 0 Å². The summed E-state index contributed by atoms with van der Waals surface area (Å²) in [5, 5.41) is 12.4. The first-order valence-corrected chi connectivity index (χ1v) is 21.5. The van der Waals surface area contributed by atoms with Crippen molar-refractivity contribution >= 4 is 46.7 Å². The average molecular weight is 889 g/mol. The van der Waals surface area contributed by atoms with Gasteiger partial charge in [0.1, 0.15) is 17.7 Å². The lowest BCUT2D eigenvalue weighted by molar-refractivity contribution is -0.139. The predicted octanol–water partition coefficient (Wildman–Crippen LogP) is 6.08. The summed E-state index contributed by atoms with van der Waals surface area (Å²) in [5.74, 6) is -1.70.